The molecule has 2 nitrogen and oxygen atoms in total. The Morgan fingerprint density at radius 1 is 1.05 bits per heavy atom. The molecule has 0 fully saturated rings. The molecule has 22 heavy (non-hydrogen) atoms. The van der Waals surface area contributed by atoms with Gasteiger partial charge in [-0.3, -0.25) is 0 Å². The summed E-state index contributed by atoms with van der Waals surface area (Å²) in [7, 11) is 0. The zero-order chi connectivity index (χ0) is 17.0. The van der Waals surface area contributed by atoms with Gasteiger partial charge in [0.25, 0.3) is 0 Å². The van der Waals surface area contributed by atoms with Crippen molar-refractivity contribution in [3.05, 3.63) is 35.1 Å². The van der Waals surface area contributed by atoms with Crippen LogP contribution in [0.3, 0.4) is 0 Å². The van der Waals surface area contributed by atoms with Gasteiger partial charge < -0.3 is 9.47 Å². The second kappa shape index (κ2) is 7.21. The van der Waals surface area contributed by atoms with Crippen molar-refractivity contribution in [2.24, 2.45) is 5.92 Å². The number of rotatable bonds is 5. The van der Waals surface area contributed by atoms with Crippen LogP contribution in [0.15, 0.2) is 35.1 Å². The van der Waals surface area contributed by atoms with Gasteiger partial charge in [0.1, 0.15) is 12.4 Å². The van der Waals surface area contributed by atoms with Crippen LogP contribution >= 0.6 is 0 Å². The number of allylic oxidation sites excluding steroid dienone is 5. The fraction of sp³-hybridized carbons (Fsp3) is 0.571. The van der Waals surface area contributed by atoms with Crippen molar-refractivity contribution in [1.29, 1.82) is 0 Å². The third kappa shape index (κ3) is 4.79. The first-order valence-corrected chi connectivity index (χ1v) is 6.57. The van der Waals surface area contributed by atoms with Gasteiger partial charge in [-0.05, 0) is 13.0 Å². The lowest BCUT2D eigenvalue weighted by Crippen LogP contribution is -2.25. The standard InChI is InChI=1S/C14H16F6O2/c1-3-21-7-8-22-12-10(13(15,16)17)6-4-5-9(2)11(12)14(18,19)20/h4-6,9H,3,7-8H2,1-2H3/t9-/m0/s1. The lowest BCUT2D eigenvalue weighted by atomic mass is 9.97. The van der Waals surface area contributed by atoms with E-state index in [1.165, 1.54) is 6.92 Å². The van der Waals surface area contributed by atoms with Gasteiger partial charge in [0.05, 0.1) is 17.8 Å². The molecule has 1 aliphatic rings. The van der Waals surface area contributed by atoms with Gasteiger partial charge in [-0.2, -0.15) is 26.3 Å². The molecule has 0 heterocycles. The highest BCUT2D eigenvalue weighted by atomic mass is 19.4. The molecule has 0 saturated heterocycles. The zero-order valence-electron chi connectivity index (χ0n) is 12.0. The number of halogens is 6. The zero-order valence-corrected chi connectivity index (χ0v) is 12.0. The summed E-state index contributed by atoms with van der Waals surface area (Å²) in [6.07, 6.45) is -7.29. The van der Waals surface area contributed by atoms with E-state index in [0.717, 1.165) is 12.2 Å². The third-order valence-corrected chi connectivity index (χ3v) is 2.90. The van der Waals surface area contributed by atoms with Crippen LogP contribution in [0.2, 0.25) is 0 Å². The van der Waals surface area contributed by atoms with E-state index < -0.39 is 41.8 Å². The molecule has 1 rings (SSSR count). The molecule has 0 radical (unpaired) electrons. The second-order valence-electron chi connectivity index (χ2n) is 4.54. The van der Waals surface area contributed by atoms with Crippen LogP contribution in [0.4, 0.5) is 26.3 Å². The van der Waals surface area contributed by atoms with Crippen LogP contribution in [0.5, 0.6) is 0 Å². The molecule has 126 valence electrons. The molecule has 0 amide bonds. The minimum atomic E-state index is -4.95. The lowest BCUT2D eigenvalue weighted by molar-refractivity contribution is -0.108. The van der Waals surface area contributed by atoms with Gasteiger partial charge in [0, 0.05) is 12.5 Å². The highest BCUT2D eigenvalue weighted by molar-refractivity contribution is 5.43. The molecule has 0 bridgehead atoms. The van der Waals surface area contributed by atoms with Gasteiger partial charge in [0.15, 0.2) is 0 Å². The maximum Gasteiger partial charge on any atom is 0.419 e. The first kappa shape index (κ1) is 18.6. The Labute approximate surface area is 124 Å². The molecule has 0 saturated carbocycles. The highest BCUT2D eigenvalue weighted by Gasteiger charge is 2.46. The molecule has 1 aliphatic carbocycles. The molecule has 0 unspecified atom stereocenters. The Balaban J connectivity index is 3.27. The van der Waals surface area contributed by atoms with Gasteiger partial charge in [-0.15, -0.1) is 0 Å². The van der Waals surface area contributed by atoms with E-state index in [2.05, 4.69) is 0 Å². The lowest BCUT2D eigenvalue weighted by Gasteiger charge is -2.23. The Hall–Kier alpha value is -1.44. The Morgan fingerprint density at radius 3 is 2.18 bits per heavy atom. The van der Waals surface area contributed by atoms with E-state index in [4.69, 9.17) is 9.47 Å². The van der Waals surface area contributed by atoms with Crippen molar-refractivity contribution < 1.29 is 35.8 Å². The predicted octanol–water partition coefficient (Wildman–Crippen LogP) is 4.55. The first-order chi connectivity index (χ1) is 10.1. The van der Waals surface area contributed by atoms with E-state index in [0.29, 0.717) is 6.08 Å². The summed E-state index contributed by atoms with van der Waals surface area (Å²) in [6, 6.07) is 0. The molecule has 1 atom stereocenters. The Bertz CT molecular complexity index is 471. The maximum atomic E-state index is 13.2. The number of ether oxygens (including phenoxy) is 2. The van der Waals surface area contributed by atoms with Gasteiger partial charge in [0.2, 0.25) is 0 Å². The Kier molecular flexibility index (Phi) is 6.10. The van der Waals surface area contributed by atoms with Crippen molar-refractivity contribution in [3.8, 4) is 0 Å². The predicted molar refractivity (Wildman–Crippen MR) is 68.0 cm³/mol. The molecule has 0 spiro atoms. The second-order valence-corrected chi connectivity index (χ2v) is 4.54. The quantitative estimate of drug-likeness (QED) is 0.544. The normalized spacial score (nSPS) is 20.0. The summed E-state index contributed by atoms with van der Waals surface area (Å²) >= 11 is 0. The van der Waals surface area contributed by atoms with Gasteiger partial charge >= 0.3 is 12.4 Å². The summed E-state index contributed by atoms with van der Waals surface area (Å²) in [4.78, 5) is 0. The summed E-state index contributed by atoms with van der Waals surface area (Å²) < 4.78 is 88.2. The summed E-state index contributed by atoms with van der Waals surface area (Å²) in [5.41, 5.74) is -2.79. The van der Waals surface area contributed by atoms with E-state index in [1.54, 1.807) is 6.92 Å². The van der Waals surface area contributed by atoms with E-state index in [1.807, 2.05) is 0 Å². The molecule has 0 aromatic heterocycles. The maximum absolute atomic E-state index is 13.2. The van der Waals surface area contributed by atoms with Crippen LogP contribution in [-0.4, -0.2) is 32.2 Å². The number of hydrogen-bond donors (Lipinski definition) is 0. The molecular formula is C14H16F6O2. The van der Waals surface area contributed by atoms with Crippen LogP contribution in [0.25, 0.3) is 0 Å². The van der Waals surface area contributed by atoms with E-state index in [9.17, 15) is 26.3 Å². The number of hydrogen-bond acceptors (Lipinski definition) is 2. The SMILES string of the molecule is CCOCCOC1=C(C(F)(F)F)[C@@H](C)C=CC=C1C(F)(F)F. The van der Waals surface area contributed by atoms with E-state index in [-0.39, 0.29) is 13.2 Å². The van der Waals surface area contributed by atoms with Crippen molar-refractivity contribution in [2.75, 3.05) is 19.8 Å². The summed E-state index contributed by atoms with van der Waals surface area (Å²) in [5.74, 6) is -2.43. The molecular weight excluding hydrogens is 314 g/mol. The molecule has 0 aromatic carbocycles. The average molecular weight is 330 g/mol. The highest BCUT2D eigenvalue weighted by Crippen LogP contribution is 2.42. The minimum Gasteiger partial charge on any atom is -0.490 e. The average Bonchev–Trinajstić information content (AvgIpc) is 2.52. The van der Waals surface area contributed by atoms with Crippen molar-refractivity contribution in [3.63, 3.8) is 0 Å². The fourth-order valence-corrected chi connectivity index (χ4v) is 1.95. The molecule has 0 aliphatic heterocycles. The third-order valence-electron chi connectivity index (χ3n) is 2.90. The van der Waals surface area contributed by atoms with E-state index >= 15 is 0 Å². The van der Waals surface area contributed by atoms with Crippen molar-refractivity contribution >= 4 is 0 Å². The van der Waals surface area contributed by atoms with Gasteiger partial charge in [-0.1, -0.05) is 19.1 Å². The number of alkyl halides is 6. The van der Waals surface area contributed by atoms with Crippen LogP contribution < -0.4 is 0 Å². The van der Waals surface area contributed by atoms with Gasteiger partial charge in [-0.25, -0.2) is 0 Å². The summed E-state index contributed by atoms with van der Waals surface area (Å²) in [6.45, 7) is 2.60. The fourth-order valence-electron chi connectivity index (χ4n) is 1.95. The Morgan fingerprint density at radius 2 is 1.68 bits per heavy atom. The van der Waals surface area contributed by atoms with Crippen LogP contribution in [0.1, 0.15) is 13.8 Å². The van der Waals surface area contributed by atoms with Crippen LogP contribution in [0, 0.1) is 5.92 Å². The largest absolute Gasteiger partial charge is 0.490 e. The topological polar surface area (TPSA) is 18.5 Å². The summed E-state index contributed by atoms with van der Waals surface area (Å²) in [5, 5.41) is 0. The van der Waals surface area contributed by atoms with Crippen LogP contribution in [-0.2, 0) is 9.47 Å². The van der Waals surface area contributed by atoms with Crippen molar-refractivity contribution in [1.82, 2.24) is 0 Å². The van der Waals surface area contributed by atoms with Crippen molar-refractivity contribution in [2.45, 2.75) is 26.2 Å². The molecule has 8 heteroatoms. The minimum absolute atomic E-state index is 0.0991. The molecule has 0 aromatic rings. The smallest absolute Gasteiger partial charge is 0.419 e. The monoisotopic (exact) mass is 330 g/mol. The molecule has 0 N–H and O–H groups in total. The first-order valence-electron chi connectivity index (χ1n) is 6.57.